The van der Waals surface area contributed by atoms with Gasteiger partial charge in [0.05, 0.1) is 13.2 Å². The van der Waals surface area contributed by atoms with Crippen molar-refractivity contribution in [2.75, 3.05) is 26.3 Å². The lowest BCUT2D eigenvalue weighted by Crippen LogP contribution is -2.32. The lowest BCUT2D eigenvalue weighted by molar-refractivity contribution is -0.130. The molecule has 1 aromatic rings. The average Bonchev–Trinajstić information content (AvgIpc) is 2.82. The van der Waals surface area contributed by atoms with Gasteiger partial charge in [-0.2, -0.15) is 0 Å². The molecule has 2 aliphatic heterocycles. The Morgan fingerprint density at radius 3 is 2.60 bits per heavy atom. The fraction of sp³-hybridized carbons (Fsp3) is 0.286. The lowest BCUT2D eigenvalue weighted by Gasteiger charge is -2.24. The number of hydrogen-bond donors (Lipinski definition) is 0. The molecule has 0 radical (unpaired) electrons. The molecule has 0 N–H and O–H groups in total. The number of cyclic esters (lactones) is 1. The van der Waals surface area contributed by atoms with E-state index in [2.05, 4.69) is 20.9 Å². The van der Waals surface area contributed by atoms with Crippen molar-refractivity contribution in [2.24, 2.45) is 4.99 Å². The zero-order chi connectivity index (χ0) is 13.9. The molecule has 0 bridgehead atoms. The number of esters is 1. The fourth-order valence-electron chi connectivity index (χ4n) is 1.99. The summed E-state index contributed by atoms with van der Waals surface area (Å²) in [6, 6.07) is 7.48. The largest absolute Gasteiger partial charge is 0.402 e. The van der Waals surface area contributed by atoms with Gasteiger partial charge < -0.3 is 14.4 Å². The van der Waals surface area contributed by atoms with E-state index in [1.54, 1.807) is 6.20 Å². The van der Waals surface area contributed by atoms with Crippen LogP contribution in [0.4, 0.5) is 0 Å². The summed E-state index contributed by atoms with van der Waals surface area (Å²) in [5, 5.41) is 0. The Morgan fingerprint density at radius 2 is 1.90 bits per heavy atom. The predicted octanol–water partition coefficient (Wildman–Crippen LogP) is 1.93. The summed E-state index contributed by atoms with van der Waals surface area (Å²) in [6.07, 6.45) is 1.75. The lowest BCUT2D eigenvalue weighted by atomic mass is 10.2. The molecule has 5 nitrogen and oxygen atoms in total. The molecule has 1 saturated heterocycles. The molecule has 0 aliphatic carbocycles. The highest BCUT2D eigenvalue weighted by molar-refractivity contribution is 9.10. The maximum absolute atomic E-state index is 11.8. The number of aliphatic imine (C=N–C) groups is 1. The maximum Gasteiger partial charge on any atom is 0.365 e. The molecule has 2 heterocycles. The second-order valence-electron chi connectivity index (χ2n) is 4.48. The van der Waals surface area contributed by atoms with Crippen LogP contribution in [0.1, 0.15) is 5.56 Å². The average molecular weight is 337 g/mol. The van der Waals surface area contributed by atoms with Gasteiger partial charge in [0, 0.05) is 29.3 Å². The normalized spacial score (nSPS) is 21.1. The van der Waals surface area contributed by atoms with E-state index in [-0.39, 0.29) is 0 Å². The Balaban J connectivity index is 1.80. The van der Waals surface area contributed by atoms with Crippen LogP contribution in [0.5, 0.6) is 0 Å². The van der Waals surface area contributed by atoms with Crippen molar-refractivity contribution in [2.45, 2.75) is 0 Å². The van der Waals surface area contributed by atoms with Crippen molar-refractivity contribution in [3.8, 4) is 0 Å². The quantitative estimate of drug-likeness (QED) is 0.611. The molecule has 20 heavy (non-hydrogen) atoms. The number of halogens is 1. The van der Waals surface area contributed by atoms with Crippen LogP contribution in [0.15, 0.2) is 45.6 Å². The summed E-state index contributed by atoms with van der Waals surface area (Å²) >= 11 is 3.37. The topological polar surface area (TPSA) is 51.1 Å². The molecule has 0 spiro atoms. The van der Waals surface area contributed by atoms with Gasteiger partial charge in [-0.05, 0) is 24.3 Å². The van der Waals surface area contributed by atoms with Gasteiger partial charge in [0.15, 0.2) is 5.70 Å². The van der Waals surface area contributed by atoms with Gasteiger partial charge in [-0.3, -0.25) is 0 Å². The zero-order valence-corrected chi connectivity index (χ0v) is 12.3. The fourth-order valence-corrected chi connectivity index (χ4v) is 2.26. The van der Waals surface area contributed by atoms with Gasteiger partial charge in [-0.15, -0.1) is 0 Å². The monoisotopic (exact) mass is 336 g/mol. The molecule has 0 aromatic heterocycles. The third kappa shape index (κ3) is 2.91. The summed E-state index contributed by atoms with van der Waals surface area (Å²) in [5.74, 6) is -0.0589. The van der Waals surface area contributed by atoms with Gasteiger partial charge in [-0.1, -0.05) is 15.9 Å². The predicted molar refractivity (Wildman–Crippen MR) is 77.2 cm³/mol. The van der Waals surface area contributed by atoms with E-state index in [0.717, 1.165) is 23.1 Å². The summed E-state index contributed by atoms with van der Waals surface area (Å²) in [6.45, 7) is 2.87. The molecule has 2 aliphatic rings. The number of rotatable bonds is 2. The second kappa shape index (κ2) is 5.76. The van der Waals surface area contributed by atoms with Crippen LogP contribution >= 0.6 is 15.9 Å². The highest BCUT2D eigenvalue weighted by atomic mass is 79.9. The number of morpholine rings is 1. The first-order valence-electron chi connectivity index (χ1n) is 6.33. The van der Waals surface area contributed by atoms with Crippen molar-refractivity contribution in [3.05, 3.63) is 46.2 Å². The Bertz CT molecular complexity index is 575. The SMILES string of the molecule is O=C1OC(c2ccc(Br)cc2)=N/C1=C\N1CCOCC1. The van der Waals surface area contributed by atoms with Gasteiger partial charge in [0.2, 0.25) is 5.90 Å². The molecule has 104 valence electrons. The van der Waals surface area contributed by atoms with Crippen LogP contribution in [0.3, 0.4) is 0 Å². The standard InChI is InChI=1S/C14H13BrN2O3/c15-11-3-1-10(2-4-11)13-16-12(14(18)20-13)9-17-5-7-19-8-6-17/h1-4,9H,5-8H2/b12-9-. The molecule has 0 atom stereocenters. The maximum atomic E-state index is 11.8. The highest BCUT2D eigenvalue weighted by Crippen LogP contribution is 2.19. The van der Waals surface area contributed by atoms with E-state index in [1.165, 1.54) is 0 Å². The minimum Gasteiger partial charge on any atom is -0.402 e. The smallest absolute Gasteiger partial charge is 0.365 e. The van der Waals surface area contributed by atoms with E-state index in [1.807, 2.05) is 29.2 Å². The van der Waals surface area contributed by atoms with Crippen molar-refractivity contribution >= 4 is 27.8 Å². The van der Waals surface area contributed by atoms with Crippen LogP contribution in [-0.4, -0.2) is 43.1 Å². The van der Waals surface area contributed by atoms with Gasteiger partial charge in [-0.25, -0.2) is 9.79 Å². The molecule has 1 fully saturated rings. The number of carbonyl (C=O) groups excluding carboxylic acids is 1. The highest BCUT2D eigenvalue weighted by Gasteiger charge is 2.25. The molecular formula is C14H13BrN2O3. The molecule has 0 saturated carbocycles. The van der Waals surface area contributed by atoms with E-state index in [9.17, 15) is 4.79 Å². The molecular weight excluding hydrogens is 324 g/mol. The van der Waals surface area contributed by atoms with Crippen molar-refractivity contribution in [1.29, 1.82) is 0 Å². The molecule has 0 unspecified atom stereocenters. The number of carbonyl (C=O) groups is 1. The van der Waals surface area contributed by atoms with Crippen molar-refractivity contribution in [1.82, 2.24) is 4.90 Å². The first-order chi connectivity index (χ1) is 9.72. The summed E-state index contributed by atoms with van der Waals surface area (Å²) in [4.78, 5) is 18.1. The number of nitrogens with zero attached hydrogens (tertiary/aromatic N) is 2. The Hall–Kier alpha value is -1.66. The molecule has 0 amide bonds. The minimum atomic E-state index is -0.408. The van der Waals surface area contributed by atoms with Crippen LogP contribution in [0, 0.1) is 0 Å². The molecule has 3 rings (SSSR count). The third-order valence-electron chi connectivity index (χ3n) is 3.06. The van der Waals surface area contributed by atoms with Crippen molar-refractivity contribution < 1.29 is 14.3 Å². The summed E-state index contributed by atoms with van der Waals surface area (Å²) in [5.41, 5.74) is 1.12. The van der Waals surface area contributed by atoms with Gasteiger partial charge >= 0.3 is 5.97 Å². The van der Waals surface area contributed by atoms with Crippen LogP contribution < -0.4 is 0 Å². The van der Waals surface area contributed by atoms with E-state index < -0.39 is 5.97 Å². The van der Waals surface area contributed by atoms with Gasteiger partial charge in [0.1, 0.15) is 0 Å². The summed E-state index contributed by atoms with van der Waals surface area (Å²) < 4.78 is 11.4. The van der Waals surface area contributed by atoms with Crippen LogP contribution in [0.25, 0.3) is 0 Å². The van der Waals surface area contributed by atoms with Crippen LogP contribution in [-0.2, 0) is 14.3 Å². The van der Waals surface area contributed by atoms with Gasteiger partial charge in [0.25, 0.3) is 0 Å². The Morgan fingerprint density at radius 1 is 1.20 bits per heavy atom. The zero-order valence-electron chi connectivity index (χ0n) is 10.7. The molecule has 1 aromatic carbocycles. The Kier molecular flexibility index (Phi) is 3.84. The number of ether oxygens (including phenoxy) is 2. The Labute approximate surface area is 125 Å². The number of benzene rings is 1. The van der Waals surface area contributed by atoms with E-state index in [4.69, 9.17) is 9.47 Å². The number of hydrogen-bond acceptors (Lipinski definition) is 5. The van der Waals surface area contributed by atoms with E-state index in [0.29, 0.717) is 24.8 Å². The molecule has 6 heteroatoms. The minimum absolute atomic E-state index is 0.338. The second-order valence-corrected chi connectivity index (χ2v) is 5.39. The first kappa shape index (κ1) is 13.3. The first-order valence-corrected chi connectivity index (χ1v) is 7.12. The van der Waals surface area contributed by atoms with Crippen LogP contribution in [0.2, 0.25) is 0 Å². The summed E-state index contributed by atoms with van der Waals surface area (Å²) in [7, 11) is 0. The van der Waals surface area contributed by atoms with E-state index >= 15 is 0 Å². The third-order valence-corrected chi connectivity index (χ3v) is 3.59. The van der Waals surface area contributed by atoms with Crippen molar-refractivity contribution in [3.63, 3.8) is 0 Å².